The molecule has 0 unspecified atom stereocenters. The van der Waals surface area contributed by atoms with Gasteiger partial charge in [0.2, 0.25) is 0 Å². The lowest BCUT2D eigenvalue weighted by atomic mass is 10.2. The predicted molar refractivity (Wildman–Crippen MR) is 62.4 cm³/mol. The quantitative estimate of drug-likeness (QED) is 0.758. The zero-order valence-electron chi connectivity index (χ0n) is 8.94. The third kappa shape index (κ3) is 6.25. The second-order valence-corrected chi connectivity index (χ2v) is 6.02. The predicted octanol–water partition coefficient (Wildman–Crippen LogP) is 2.27. The normalized spacial score (nSPS) is 14.7. The Bertz CT molecular complexity index is 373. The summed E-state index contributed by atoms with van der Waals surface area (Å²) < 4.78 is 23.6. The van der Waals surface area contributed by atoms with E-state index in [1.807, 2.05) is 30.3 Å². The average Bonchev–Trinajstić information content (AvgIpc) is 2.17. The van der Waals surface area contributed by atoms with Gasteiger partial charge < -0.3 is 4.74 Å². The lowest BCUT2D eigenvalue weighted by molar-refractivity contribution is 0.122. The first-order valence-corrected chi connectivity index (χ1v) is 7.04. The minimum atomic E-state index is -2.35. The van der Waals surface area contributed by atoms with Gasteiger partial charge in [0, 0.05) is 28.3 Å². The van der Waals surface area contributed by atoms with Crippen LogP contribution in [-0.2, 0) is 21.1 Å². The SMILES string of the molecule is C[S@](=N)(=O)CCCOCc1ccccc1. The Labute approximate surface area is 91.4 Å². The van der Waals surface area contributed by atoms with Crippen LogP contribution in [0.4, 0.5) is 0 Å². The Morgan fingerprint density at radius 2 is 2.00 bits per heavy atom. The minimum absolute atomic E-state index is 0.418. The van der Waals surface area contributed by atoms with Gasteiger partial charge in [0.15, 0.2) is 0 Å². The molecule has 0 spiro atoms. The fourth-order valence-corrected chi connectivity index (χ4v) is 1.87. The van der Waals surface area contributed by atoms with Crippen LogP contribution in [0.3, 0.4) is 0 Å². The van der Waals surface area contributed by atoms with E-state index < -0.39 is 9.73 Å². The van der Waals surface area contributed by atoms with Crippen LogP contribution in [0.2, 0.25) is 0 Å². The van der Waals surface area contributed by atoms with Crippen molar-refractivity contribution in [3.8, 4) is 0 Å². The zero-order chi connectivity index (χ0) is 11.1. The smallest absolute Gasteiger partial charge is 0.0716 e. The first kappa shape index (κ1) is 12.2. The standard InChI is InChI=1S/C11H17NO2S/c1-15(12,13)9-5-8-14-10-11-6-3-2-4-7-11/h2-4,6-7,12H,5,8-10H2,1H3/t15-/m0/s1. The molecular formula is C11H17NO2S. The summed E-state index contributed by atoms with van der Waals surface area (Å²) in [6.07, 6.45) is 2.15. The molecule has 1 aromatic rings. The molecule has 0 fully saturated rings. The Morgan fingerprint density at radius 3 is 2.60 bits per heavy atom. The van der Waals surface area contributed by atoms with Crippen LogP contribution in [0, 0.1) is 4.78 Å². The molecule has 4 heteroatoms. The van der Waals surface area contributed by atoms with Gasteiger partial charge in [-0.3, -0.25) is 8.99 Å². The highest BCUT2D eigenvalue weighted by atomic mass is 32.2. The first-order valence-electron chi connectivity index (χ1n) is 4.91. The molecule has 0 saturated carbocycles. The maximum Gasteiger partial charge on any atom is 0.0716 e. The van der Waals surface area contributed by atoms with Gasteiger partial charge in [-0.25, -0.2) is 0 Å². The molecule has 0 saturated heterocycles. The maximum atomic E-state index is 11.0. The number of rotatable bonds is 6. The van der Waals surface area contributed by atoms with Crippen molar-refractivity contribution in [2.24, 2.45) is 0 Å². The fourth-order valence-electron chi connectivity index (χ4n) is 1.20. The third-order valence-corrected chi connectivity index (χ3v) is 3.00. The number of nitrogens with one attached hydrogen (secondary N) is 1. The van der Waals surface area contributed by atoms with Gasteiger partial charge in [-0.05, 0) is 12.0 Å². The van der Waals surface area contributed by atoms with Gasteiger partial charge >= 0.3 is 0 Å². The third-order valence-electron chi connectivity index (χ3n) is 1.93. The van der Waals surface area contributed by atoms with E-state index in [-0.39, 0.29) is 0 Å². The fraction of sp³-hybridized carbons (Fsp3) is 0.455. The lowest BCUT2D eigenvalue weighted by Gasteiger charge is -2.04. The number of benzene rings is 1. The summed E-state index contributed by atoms with van der Waals surface area (Å²) in [7, 11) is -2.35. The molecule has 0 aliphatic heterocycles. The van der Waals surface area contributed by atoms with E-state index in [0.29, 0.717) is 25.4 Å². The van der Waals surface area contributed by atoms with Gasteiger partial charge in [-0.1, -0.05) is 30.3 Å². The first-order chi connectivity index (χ1) is 7.08. The summed E-state index contributed by atoms with van der Waals surface area (Å²) in [5, 5.41) is 0. The van der Waals surface area contributed by atoms with Crippen LogP contribution in [0.1, 0.15) is 12.0 Å². The topological polar surface area (TPSA) is 50.2 Å². The maximum absolute atomic E-state index is 11.0. The van der Waals surface area contributed by atoms with Crippen LogP contribution in [0.5, 0.6) is 0 Å². The van der Waals surface area contributed by atoms with Crippen molar-refractivity contribution in [2.75, 3.05) is 18.6 Å². The van der Waals surface area contributed by atoms with Crippen LogP contribution < -0.4 is 0 Å². The van der Waals surface area contributed by atoms with Crippen molar-refractivity contribution >= 4 is 9.73 Å². The van der Waals surface area contributed by atoms with Crippen LogP contribution in [-0.4, -0.2) is 22.8 Å². The molecule has 1 atom stereocenters. The summed E-state index contributed by atoms with van der Waals surface area (Å²) in [6, 6.07) is 9.93. The van der Waals surface area contributed by atoms with Crippen molar-refractivity contribution < 1.29 is 8.95 Å². The number of hydrogen-bond donors (Lipinski definition) is 1. The van der Waals surface area contributed by atoms with E-state index >= 15 is 0 Å². The van der Waals surface area contributed by atoms with Gasteiger partial charge in [0.05, 0.1) is 6.61 Å². The molecule has 1 aromatic carbocycles. The highest BCUT2D eigenvalue weighted by Gasteiger charge is 1.97. The van der Waals surface area contributed by atoms with Crippen molar-refractivity contribution in [1.82, 2.24) is 0 Å². The molecule has 15 heavy (non-hydrogen) atoms. The highest BCUT2D eigenvalue weighted by Crippen LogP contribution is 2.01. The second kappa shape index (κ2) is 5.88. The van der Waals surface area contributed by atoms with Crippen molar-refractivity contribution in [3.63, 3.8) is 0 Å². The van der Waals surface area contributed by atoms with Gasteiger partial charge in [-0.15, -0.1) is 0 Å². The Balaban J connectivity index is 2.13. The Hall–Kier alpha value is -0.870. The van der Waals surface area contributed by atoms with Gasteiger partial charge in [-0.2, -0.15) is 0 Å². The molecule has 0 bridgehead atoms. The summed E-state index contributed by atoms with van der Waals surface area (Å²) in [4.78, 5) is 0. The van der Waals surface area contributed by atoms with Crippen molar-refractivity contribution in [3.05, 3.63) is 35.9 Å². The molecule has 0 heterocycles. The number of ether oxygens (including phenoxy) is 1. The van der Waals surface area contributed by atoms with Gasteiger partial charge in [0.1, 0.15) is 0 Å². The molecule has 1 N–H and O–H groups in total. The van der Waals surface area contributed by atoms with E-state index in [1.165, 1.54) is 6.26 Å². The monoisotopic (exact) mass is 227 g/mol. The molecule has 0 aliphatic carbocycles. The lowest BCUT2D eigenvalue weighted by Crippen LogP contribution is -2.05. The van der Waals surface area contributed by atoms with E-state index in [9.17, 15) is 4.21 Å². The van der Waals surface area contributed by atoms with Crippen LogP contribution in [0.25, 0.3) is 0 Å². The summed E-state index contributed by atoms with van der Waals surface area (Å²) in [5.74, 6) is 0.418. The van der Waals surface area contributed by atoms with E-state index in [4.69, 9.17) is 9.52 Å². The molecule has 0 radical (unpaired) electrons. The van der Waals surface area contributed by atoms with E-state index in [1.54, 1.807) is 0 Å². The molecule has 0 amide bonds. The van der Waals surface area contributed by atoms with E-state index in [0.717, 1.165) is 5.56 Å². The molecule has 0 aromatic heterocycles. The Kier molecular flexibility index (Phi) is 4.78. The van der Waals surface area contributed by atoms with E-state index in [2.05, 4.69) is 0 Å². The summed E-state index contributed by atoms with van der Waals surface area (Å²) in [6.45, 7) is 1.16. The summed E-state index contributed by atoms with van der Waals surface area (Å²) in [5.41, 5.74) is 1.14. The largest absolute Gasteiger partial charge is 0.377 e. The summed E-state index contributed by atoms with van der Waals surface area (Å²) >= 11 is 0. The average molecular weight is 227 g/mol. The van der Waals surface area contributed by atoms with Gasteiger partial charge in [0.25, 0.3) is 0 Å². The minimum Gasteiger partial charge on any atom is -0.377 e. The van der Waals surface area contributed by atoms with Crippen molar-refractivity contribution in [1.29, 1.82) is 4.78 Å². The van der Waals surface area contributed by atoms with Crippen molar-refractivity contribution in [2.45, 2.75) is 13.0 Å². The molecule has 3 nitrogen and oxygen atoms in total. The number of hydrogen-bond acceptors (Lipinski definition) is 3. The van der Waals surface area contributed by atoms with Crippen LogP contribution in [0.15, 0.2) is 30.3 Å². The van der Waals surface area contributed by atoms with Crippen LogP contribution >= 0.6 is 0 Å². The molecular weight excluding hydrogens is 210 g/mol. The molecule has 84 valence electrons. The molecule has 1 rings (SSSR count). The zero-order valence-corrected chi connectivity index (χ0v) is 9.76. The highest BCUT2D eigenvalue weighted by molar-refractivity contribution is 7.91. The Morgan fingerprint density at radius 1 is 1.33 bits per heavy atom. The molecule has 0 aliphatic rings. The second-order valence-electron chi connectivity index (χ2n) is 3.60.